The van der Waals surface area contributed by atoms with Crippen LogP contribution in [0.15, 0.2) is 36.7 Å². The lowest BCUT2D eigenvalue weighted by atomic mass is 10.1. The summed E-state index contributed by atoms with van der Waals surface area (Å²) in [4.78, 5) is 11.0. The van der Waals surface area contributed by atoms with E-state index in [4.69, 9.17) is 16.9 Å². The van der Waals surface area contributed by atoms with E-state index in [9.17, 15) is 4.79 Å². The van der Waals surface area contributed by atoms with Crippen molar-refractivity contribution in [2.24, 2.45) is 0 Å². The Morgan fingerprint density at radius 3 is 2.61 bits per heavy atom. The van der Waals surface area contributed by atoms with Gasteiger partial charge in [-0.2, -0.15) is 5.26 Å². The molecular weight excluding hydrogens is 250 g/mol. The number of benzene rings is 1. The Hall–Kier alpha value is -2.25. The molecule has 1 heterocycles. The van der Waals surface area contributed by atoms with Crippen LogP contribution in [0.2, 0.25) is 5.02 Å². The minimum absolute atomic E-state index is 0.205. The summed E-state index contributed by atoms with van der Waals surface area (Å²) in [6.07, 6.45) is 3.61. The second-order valence-corrected chi connectivity index (χ2v) is 4.14. The third kappa shape index (κ3) is 2.36. The third-order valence-electron chi connectivity index (χ3n) is 2.37. The standard InChI is InChI=1S/C13H10ClN3O/c1-9(18)16-11-6-10(8-15)13(12(14)7-11)17-4-2-3-5-17/h2-7H,1H3,(H,16,18). The Morgan fingerprint density at radius 2 is 2.06 bits per heavy atom. The molecule has 1 N–H and O–H groups in total. The first-order valence-electron chi connectivity index (χ1n) is 5.26. The Labute approximate surface area is 109 Å². The molecule has 0 bridgehead atoms. The average Bonchev–Trinajstić information content (AvgIpc) is 2.80. The average molecular weight is 260 g/mol. The molecule has 90 valence electrons. The predicted molar refractivity (Wildman–Crippen MR) is 69.8 cm³/mol. The molecule has 1 aromatic carbocycles. The maximum absolute atomic E-state index is 11.0. The van der Waals surface area contributed by atoms with E-state index in [-0.39, 0.29) is 5.91 Å². The molecule has 4 nitrogen and oxygen atoms in total. The molecule has 0 atom stereocenters. The first-order chi connectivity index (χ1) is 8.61. The number of aromatic nitrogens is 1. The van der Waals surface area contributed by atoms with Crippen LogP contribution in [0, 0.1) is 11.3 Å². The molecule has 0 radical (unpaired) electrons. The third-order valence-corrected chi connectivity index (χ3v) is 2.65. The first-order valence-corrected chi connectivity index (χ1v) is 5.64. The summed E-state index contributed by atoms with van der Waals surface area (Å²) in [6, 6.07) is 9.00. The fourth-order valence-electron chi connectivity index (χ4n) is 1.71. The maximum Gasteiger partial charge on any atom is 0.221 e. The monoisotopic (exact) mass is 259 g/mol. The summed E-state index contributed by atoms with van der Waals surface area (Å²) < 4.78 is 1.76. The van der Waals surface area contributed by atoms with Crippen LogP contribution < -0.4 is 5.32 Å². The number of nitriles is 1. The second kappa shape index (κ2) is 4.94. The van der Waals surface area contributed by atoms with Gasteiger partial charge in [-0.3, -0.25) is 4.79 Å². The molecular formula is C13H10ClN3O. The van der Waals surface area contributed by atoms with Crippen LogP contribution >= 0.6 is 11.6 Å². The van der Waals surface area contributed by atoms with E-state index in [1.54, 1.807) is 29.1 Å². The molecule has 0 saturated carbocycles. The number of hydrogen-bond acceptors (Lipinski definition) is 2. The zero-order valence-electron chi connectivity index (χ0n) is 9.64. The Bertz CT molecular complexity index is 626. The number of nitrogens with zero attached hydrogens (tertiary/aromatic N) is 2. The van der Waals surface area contributed by atoms with E-state index in [2.05, 4.69) is 11.4 Å². The number of hydrogen-bond donors (Lipinski definition) is 1. The molecule has 1 amide bonds. The van der Waals surface area contributed by atoms with Gasteiger partial charge >= 0.3 is 0 Å². The van der Waals surface area contributed by atoms with Crippen LogP contribution in [0.1, 0.15) is 12.5 Å². The van der Waals surface area contributed by atoms with Crippen molar-refractivity contribution in [2.45, 2.75) is 6.92 Å². The normalized spacial score (nSPS) is 9.83. The van der Waals surface area contributed by atoms with E-state index in [0.717, 1.165) is 0 Å². The summed E-state index contributed by atoms with van der Waals surface area (Å²) in [5.74, 6) is -0.205. The molecule has 0 aliphatic rings. The van der Waals surface area contributed by atoms with Crippen molar-refractivity contribution in [3.8, 4) is 11.8 Å². The zero-order valence-corrected chi connectivity index (χ0v) is 10.4. The molecule has 2 aromatic rings. The molecule has 2 rings (SSSR count). The van der Waals surface area contributed by atoms with Crippen LogP contribution in [0.3, 0.4) is 0 Å². The topological polar surface area (TPSA) is 57.8 Å². The minimum atomic E-state index is -0.205. The first kappa shape index (κ1) is 12.2. The summed E-state index contributed by atoms with van der Waals surface area (Å²) >= 11 is 6.16. The van der Waals surface area contributed by atoms with Crippen LogP contribution in [0.25, 0.3) is 5.69 Å². The fraction of sp³-hybridized carbons (Fsp3) is 0.0769. The van der Waals surface area contributed by atoms with Crippen LogP contribution in [-0.2, 0) is 4.79 Å². The van der Waals surface area contributed by atoms with Crippen molar-refractivity contribution in [1.29, 1.82) is 5.26 Å². The molecule has 1 aromatic heterocycles. The highest BCUT2D eigenvalue weighted by molar-refractivity contribution is 6.33. The van der Waals surface area contributed by atoms with Gasteiger partial charge in [0.15, 0.2) is 0 Å². The molecule has 0 spiro atoms. The smallest absolute Gasteiger partial charge is 0.221 e. The highest BCUT2D eigenvalue weighted by Crippen LogP contribution is 2.28. The van der Waals surface area contributed by atoms with Crippen molar-refractivity contribution in [2.75, 3.05) is 5.32 Å². The van der Waals surface area contributed by atoms with Crippen LogP contribution in [0.4, 0.5) is 5.69 Å². The number of carbonyl (C=O) groups excluding carboxylic acids is 1. The molecule has 18 heavy (non-hydrogen) atoms. The van der Waals surface area contributed by atoms with Gasteiger partial charge in [0.05, 0.1) is 16.3 Å². The summed E-state index contributed by atoms with van der Waals surface area (Å²) in [7, 11) is 0. The van der Waals surface area contributed by atoms with Gasteiger partial charge in [0.25, 0.3) is 0 Å². The maximum atomic E-state index is 11.0. The molecule has 0 fully saturated rings. The number of nitrogens with one attached hydrogen (secondary N) is 1. The van der Waals surface area contributed by atoms with E-state index in [0.29, 0.717) is 22.0 Å². The lowest BCUT2D eigenvalue weighted by molar-refractivity contribution is -0.114. The SMILES string of the molecule is CC(=O)Nc1cc(Cl)c(-n2cccc2)c(C#N)c1. The Morgan fingerprint density at radius 1 is 1.39 bits per heavy atom. The van der Waals surface area contributed by atoms with Gasteiger partial charge < -0.3 is 9.88 Å². The summed E-state index contributed by atoms with van der Waals surface area (Å²) in [6.45, 7) is 1.40. The predicted octanol–water partition coefficient (Wildman–Crippen LogP) is 2.96. The quantitative estimate of drug-likeness (QED) is 0.901. The van der Waals surface area contributed by atoms with E-state index >= 15 is 0 Å². The summed E-state index contributed by atoms with van der Waals surface area (Å²) in [5.41, 5.74) is 1.53. The zero-order chi connectivity index (χ0) is 13.1. The number of rotatable bonds is 2. The number of amides is 1. The molecule has 0 unspecified atom stereocenters. The van der Waals surface area contributed by atoms with Gasteiger partial charge in [0.2, 0.25) is 5.91 Å². The Balaban J connectivity index is 2.56. The van der Waals surface area contributed by atoms with Crippen LogP contribution in [0.5, 0.6) is 0 Å². The van der Waals surface area contributed by atoms with E-state index < -0.39 is 0 Å². The van der Waals surface area contributed by atoms with Crippen LogP contribution in [-0.4, -0.2) is 10.5 Å². The van der Waals surface area contributed by atoms with Crippen molar-refractivity contribution < 1.29 is 4.79 Å². The largest absolute Gasteiger partial charge is 0.326 e. The Kier molecular flexibility index (Phi) is 3.35. The van der Waals surface area contributed by atoms with E-state index in [1.807, 2.05) is 12.1 Å². The number of halogens is 1. The lowest BCUT2D eigenvalue weighted by Gasteiger charge is -2.11. The van der Waals surface area contributed by atoms with Crippen molar-refractivity contribution in [3.63, 3.8) is 0 Å². The highest BCUT2D eigenvalue weighted by Gasteiger charge is 2.11. The van der Waals surface area contributed by atoms with Crippen molar-refractivity contribution >= 4 is 23.2 Å². The van der Waals surface area contributed by atoms with Crippen molar-refractivity contribution in [1.82, 2.24) is 4.57 Å². The molecule has 5 heteroatoms. The van der Waals surface area contributed by atoms with Gasteiger partial charge in [-0.1, -0.05) is 11.6 Å². The summed E-state index contributed by atoms with van der Waals surface area (Å²) in [5, 5.41) is 12.2. The van der Waals surface area contributed by atoms with Gasteiger partial charge in [-0.05, 0) is 24.3 Å². The second-order valence-electron chi connectivity index (χ2n) is 3.74. The molecule has 0 aliphatic heterocycles. The highest BCUT2D eigenvalue weighted by atomic mass is 35.5. The van der Waals surface area contributed by atoms with E-state index in [1.165, 1.54) is 6.92 Å². The lowest BCUT2D eigenvalue weighted by Crippen LogP contribution is -2.07. The van der Waals surface area contributed by atoms with Gasteiger partial charge in [0.1, 0.15) is 6.07 Å². The number of carbonyl (C=O) groups is 1. The van der Waals surface area contributed by atoms with Gasteiger partial charge in [0, 0.05) is 25.0 Å². The minimum Gasteiger partial charge on any atom is -0.326 e. The van der Waals surface area contributed by atoms with Crippen molar-refractivity contribution in [3.05, 3.63) is 47.2 Å². The van der Waals surface area contributed by atoms with Gasteiger partial charge in [-0.15, -0.1) is 0 Å². The number of anilines is 1. The molecule has 0 saturated heterocycles. The fourth-order valence-corrected chi connectivity index (χ4v) is 2.02. The molecule has 0 aliphatic carbocycles. The van der Waals surface area contributed by atoms with Gasteiger partial charge in [-0.25, -0.2) is 0 Å².